The summed E-state index contributed by atoms with van der Waals surface area (Å²) >= 11 is 0. The Morgan fingerprint density at radius 2 is 2.12 bits per heavy atom. The number of nitrogens with one attached hydrogen (secondary N) is 1. The SMILES string of the molecule is CC1(C(=O)N2CCCN(c3ncnc4nc[nH]c34)CC2)CCCO1. The summed E-state index contributed by atoms with van der Waals surface area (Å²) in [4.78, 5) is 32.9. The summed E-state index contributed by atoms with van der Waals surface area (Å²) in [5, 5.41) is 0. The van der Waals surface area contributed by atoms with Gasteiger partial charge in [0, 0.05) is 32.8 Å². The van der Waals surface area contributed by atoms with Crippen LogP contribution in [-0.2, 0) is 9.53 Å². The molecule has 8 heteroatoms. The van der Waals surface area contributed by atoms with E-state index >= 15 is 0 Å². The van der Waals surface area contributed by atoms with Gasteiger partial charge in [-0.2, -0.15) is 0 Å². The molecule has 1 unspecified atom stereocenters. The maximum Gasteiger partial charge on any atom is 0.254 e. The highest BCUT2D eigenvalue weighted by atomic mass is 16.5. The van der Waals surface area contributed by atoms with Crippen LogP contribution in [-0.4, -0.2) is 69.1 Å². The molecule has 8 nitrogen and oxygen atoms in total. The van der Waals surface area contributed by atoms with Crippen molar-refractivity contribution in [2.24, 2.45) is 0 Å². The second-order valence-corrected chi connectivity index (χ2v) is 6.61. The van der Waals surface area contributed by atoms with Crippen molar-refractivity contribution in [2.45, 2.75) is 31.8 Å². The number of ether oxygens (including phenoxy) is 1. The van der Waals surface area contributed by atoms with Gasteiger partial charge >= 0.3 is 0 Å². The monoisotopic (exact) mass is 330 g/mol. The van der Waals surface area contributed by atoms with Crippen molar-refractivity contribution >= 4 is 22.9 Å². The summed E-state index contributed by atoms with van der Waals surface area (Å²) in [5.74, 6) is 0.978. The fraction of sp³-hybridized carbons (Fsp3) is 0.625. The molecule has 0 saturated carbocycles. The third-order valence-corrected chi connectivity index (χ3v) is 4.96. The fourth-order valence-corrected chi connectivity index (χ4v) is 3.61. The molecule has 24 heavy (non-hydrogen) atoms. The van der Waals surface area contributed by atoms with Crippen LogP contribution in [0.4, 0.5) is 5.82 Å². The van der Waals surface area contributed by atoms with Crippen LogP contribution in [0, 0.1) is 0 Å². The minimum absolute atomic E-state index is 0.122. The van der Waals surface area contributed by atoms with E-state index < -0.39 is 5.60 Å². The van der Waals surface area contributed by atoms with Gasteiger partial charge < -0.3 is 19.5 Å². The zero-order valence-electron chi connectivity index (χ0n) is 13.9. The Hall–Kier alpha value is -2.22. The molecule has 1 amide bonds. The van der Waals surface area contributed by atoms with E-state index in [1.54, 1.807) is 12.7 Å². The normalized spacial score (nSPS) is 25.2. The summed E-state index contributed by atoms with van der Waals surface area (Å²) in [5.41, 5.74) is 0.883. The van der Waals surface area contributed by atoms with Gasteiger partial charge in [0.15, 0.2) is 11.5 Å². The standard InChI is InChI=1S/C16H22N6O2/c1-16(4-2-9-24-16)15(23)22-6-3-5-21(7-8-22)14-12-13(18-10-17-12)19-11-20-14/h10-11H,2-9H2,1H3,(H,17,18,19,20). The van der Waals surface area contributed by atoms with Crippen LogP contribution in [0.3, 0.4) is 0 Å². The van der Waals surface area contributed by atoms with E-state index in [2.05, 4.69) is 24.8 Å². The molecule has 1 N–H and O–H groups in total. The summed E-state index contributed by atoms with van der Waals surface area (Å²) in [6.45, 7) is 5.63. The summed E-state index contributed by atoms with van der Waals surface area (Å²) in [6, 6.07) is 0. The van der Waals surface area contributed by atoms with Crippen molar-refractivity contribution in [3.05, 3.63) is 12.7 Å². The Labute approximate surface area is 140 Å². The molecular weight excluding hydrogens is 308 g/mol. The largest absolute Gasteiger partial charge is 0.365 e. The molecule has 2 fully saturated rings. The molecule has 0 aliphatic carbocycles. The van der Waals surface area contributed by atoms with Crippen LogP contribution in [0.15, 0.2) is 12.7 Å². The van der Waals surface area contributed by atoms with Gasteiger partial charge in [0.05, 0.1) is 6.33 Å². The zero-order chi connectivity index (χ0) is 16.6. The number of carbonyl (C=O) groups excluding carboxylic acids is 1. The van der Waals surface area contributed by atoms with Gasteiger partial charge in [-0.3, -0.25) is 4.79 Å². The second kappa shape index (κ2) is 6.01. The van der Waals surface area contributed by atoms with Gasteiger partial charge in [0.1, 0.15) is 17.4 Å². The molecule has 128 valence electrons. The number of hydrogen-bond donors (Lipinski definition) is 1. The molecule has 2 aliphatic rings. The van der Waals surface area contributed by atoms with E-state index in [0.717, 1.165) is 50.2 Å². The third-order valence-electron chi connectivity index (χ3n) is 4.96. The number of amides is 1. The van der Waals surface area contributed by atoms with Crippen molar-refractivity contribution in [3.8, 4) is 0 Å². The van der Waals surface area contributed by atoms with E-state index in [1.165, 1.54) is 0 Å². The Bertz CT molecular complexity index is 739. The minimum Gasteiger partial charge on any atom is -0.365 e. The van der Waals surface area contributed by atoms with Gasteiger partial charge in [-0.05, 0) is 26.2 Å². The van der Waals surface area contributed by atoms with E-state index in [4.69, 9.17) is 4.74 Å². The molecule has 2 aromatic heterocycles. The topological polar surface area (TPSA) is 87.2 Å². The summed E-state index contributed by atoms with van der Waals surface area (Å²) in [6.07, 6.45) is 5.85. The number of fused-ring (bicyclic) bond motifs is 1. The first kappa shape index (κ1) is 15.3. The number of carbonyl (C=O) groups is 1. The molecule has 0 aromatic carbocycles. The van der Waals surface area contributed by atoms with Crippen LogP contribution in [0.2, 0.25) is 0 Å². The van der Waals surface area contributed by atoms with Gasteiger partial charge in [0.25, 0.3) is 5.91 Å². The number of imidazole rings is 1. The number of aromatic nitrogens is 4. The minimum atomic E-state index is -0.638. The first-order valence-corrected chi connectivity index (χ1v) is 8.50. The van der Waals surface area contributed by atoms with E-state index in [9.17, 15) is 4.79 Å². The van der Waals surface area contributed by atoms with Gasteiger partial charge in [-0.1, -0.05) is 0 Å². The van der Waals surface area contributed by atoms with Crippen LogP contribution < -0.4 is 4.90 Å². The summed E-state index contributed by atoms with van der Waals surface area (Å²) < 4.78 is 5.72. The van der Waals surface area contributed by atoms with Crippen molar-refractivity contribution in [3.63, 3.8) is 0 Å². The lowest BCUT2D eigenvalue weighted by Crippen LogP contribution is -2.48. The third kappa shape index (κ3) is 2.60. The van der Waals surface area contributed by atoms with Crippen molar-refractivity contribution in [1.82, 2.24) is 24.8 Å². The molecular formula is C16H22N6O2. The fourth-order valence-electron chi connectivity index (χ4n) is 3.61. The first-order chi connectivity index (χ1) is 11.7. The molecule has 0 bridgehead atoms. The maximum atomic E-state index is 12.8. The average molecular weight is 330 g/mol. The molecule has 2 saturated heterocycles. The Balaban J connectivity index is 1.50. The lowest BCUT2D eigenvalue weighted by Gasteiger charge is -2.30. The van der Waals surface area contributed by atoms with E-state index in [1.807, 2.05) is 11.8 Å². The van der Waals surface area contributed by atoms with Crippen molar-refractivity contribution in [2.75, 3.05) is 37.7 Å². The molecule has 2 aliphatic heterocycles. The smallest absolute Gasteiger partial charge is 0.254 e. The van der Waals surface area contributed by atoms with Crippen LogP contribution in [0.1, 0.15) is 26.2 Å². The predicted octanol–water partition coefficient (Wildman–Crippen LogP) is 0.961. The van der Waals surface area contributed by atoms with Crippen LogP contribution in [0.25, 0.3) is 11.2 Å². The lowest BCUT2D eigenvalue weighted by molar-refractivity contribution is -0.150. The average Bonchev–Trinajstić information content (AvgIpc) is 3.18. The number of H-pyrrole nitrogens is 1. The lowest BCUT2D eigenvalue weighted by atomic mass is 10.0. The Morgan fingerprint density at radius 1 is 1.21 bits per heavy atom. The number of nitrogens with zero attached hydrogens (tertiary/aromatic N) is 5. The van der Waals surface area contributed by atoms with Crippen molar-refractivity contribution in [1.29, 1.82) is 0 Å². The van der Waals surface area contributed by atoms with E-state index in [-0.39, 0.29) is 5.91 Å². The van der Waals surface area contributed by atoms with Crippen LogP contribution >= 0.6 is 0 Å². The van der Waals surface area contributed by atoms with Gasteiger partial charge in [-0.25, -0.2) is 15.0 Å². The zero-order valence-corrected chi connectivity index (χ0v) is 13.9. The predicted molar refractivity (Wildman–Crippen MR) is 88.7 cm³/mol. The Morgan fingerprint density at radius 3 is 2.96 bits per heavy atom. The van der Waals surface area contributed by atoms with Gasteiger partial charge in [-0.15, -0.1) is 0 Å². The Kier molecular flexibility index (Phi) is 3.84. The van der Waals surface area contributed by atoms with Crippen LogP contribution in [0.5, 0.6) is 0 Å². The number of aromatic amines is 1. The van der Waals surface area contributed by atoms with Gasteiger partial charge in [0.2, 0.25) is 0 Å². The number of anilines is 1. The number of rotatable bonds is 2. The maximum absolute atomic E-state index is 12.8. The highest BCUT2D eigenvalue weighted by Gasteiger charge is 2.40. The second-order valence-electron chi connectivity index (χ2n) is 6.61. The molecule has 0 spiro atoms. The number of hydrogen-bond acceptors (Lipinski definition) is 6. The molecule has 1 atom stereocenters. The highest BCUT2D eigenvalue weighted by molar-refractivity contribution is 5.85. The molecule has 2 aromatic rings. The quantitative estimate of drug-likeness (QED) is 0.882. The highest BCUT2D eigenvalue weighted by Crippen LogP contribution is 2.28. The first-order valence-electron chi connectivity index (χ1n) is 8.50. The molecule has 0 radical (unpaired) electrons. The molecule has 4 heterocycles. The van der Waals surface area contributed by atoms with Crippen molar-refractivity contribution < 1.29 is 9.53 Å². The van der Waals surface area contributed by atoms with E-state index in [0.29, 0.717) is 18.8 Å². The molecule has 4 rings (SSSR count). The summed E-state index contributed by atoms with van der Waals surface area (Å²) in [7, 11) is 0.